The molecule has 0 fully saturated rings. The van der Waals surface area contributed by atoms with Gasteiger partial charge in [-0.15, -0.1) is 0 Å². The second-order valence-corrected chi connectivity index (χ2v) is 9.25. The summed E-state index contributed by atoms with van der Waals surface area (Å²) in [5.41, 5.74) is 6.98. The van der Waals surface area contributed by atoms with Crippen molar-refractivity contribution in [2.45, 2.75) is 45.2 Å². The van der Waals surface area contributed by atoms with Gasteiger partial charge in [0.05, 0.1) is 23.6 Å². The maximum Gasteiger partial charge on any atom is 0.254 e. The van der Waals surface area contributed by atoms with E-state index in [1.807, 2.05) is 60.4 Å². The van der Waals surface area contributed by atoms with Crippen molar-refractivity contribution < 1.29 is 4.79 Å². The number of rotatable bonds is 5. The van der Waals surface area contributed by atoms with Crippen molar-refractivity contribution in [2.75, 3.05) is 0 Å². The summed E-state index contributed by atoms with van der Waals surface area (Å²) in [6.45, 7) is 4.28. The minimum absolute atomic E-state index is 0.0460. The zero-order valence-electron chi connectivity index (χ0n) is 19.6. The van der Waals surface area contributed by atoms with Gasteiger partial charge in [0.25, 0.3) is 5.91 Å². The first kappa shape index (κ1) is 22.4. The number of carbonyl (C=O) groups excluding carboxylic acids is 1. The summed E-state index contributed by atoms with van der Waals surface area (Å²) in [6.07, 6.45) is 6.04. The van der Waals surface area contributed by atoms with Gasteiger partial charge in [0.15, 0.2) is 0 Å². The van der Waals surface area contributed by atoms with Crippen molar-refractivity contribution in [3.63, 3.8) is 0 Å². The van der Waals surface area contributed by atoms with Crippen LogP contribution < -0.4 is 0 Å². The van der Waals surface area contributed by atoms with Crippen LogP contribution in [0.1, 0.15) is 54.3 Å². The fourth-order valence-corrected chi connectivity index (χ4v) is 5.39. The van der Waals surface area contributed by atoms with Gasteiger partial charge in [0.1, 0.15) is 0 Å². The molecule has 1 aliphatic heterocycles. The summed E-state index contributed by atoms with van der Waals surface area (Å²) in [5.74, 6) is 0.0460. The quantitative estimate of drug-likeness (QED) is 0.383. The summed E-state index contributed by atoms with van der Waals surface area (Å²) in [5, 5.41) is 12.5. The third-order valence-corrected chi connectivity index (χ3v) is 7.03. The van der Waals surface area contributed by atoms with E-state index in [1.165, 1.54) is 5.56 Å². The first-order chi connectivity index (χ1) is 16.5. The lowest BCUT2D eigenvalue weighted by Gasteiger charge is -2.41. The lowest BCUT2D eigenvalue weighted by molar-refractivity contribution is 0.0513. The number of hydrogen-bond donors (Lipinski definition) is 1. The molecular weight excluding hydrogens is 446 g/mol. The lowest BCUT2D eigenvalue weighted by Crippen LogP contribution is -2.47. The summed E-state index contributed by atoms with van der Waals surface area (Å²) < 4.78 is 1.94. The number of H-pyrrole nitrogens is 1. The fraction of sp³-hybridized carbons (Fsp3) is 0.296. The van der Waals surface area contributed by atoms with E-state index in [9.17, 15) is 4.79 Å². The molecule has 2 aromatic heterocycles. The molecule has 0 spiro atoms. The van der Waals surface area contributed by atoms with Crippen LogP contribution in [0, 0.1) is 0 Å². The van der Waals surface area contributed by atoms with Crippen LogP contribution in [0.25, 0.3) is 22.4 Å². The van der Waals surface area contributed by atoms with Gasteiger partial charge in [0, 0.05) is 46.6 Å². The third-order valence-electron chi connectivity index (χ3n) is 6.79. The molecule has 0 aliphatic carbocycles. The second kappa shape index (κ2) is 9.11. The number of fused-ring (bicyclic) bond motifs is 1. The molecule has 1 N–H and O–H groups in total. The molecule has 0 bridgehead atoms. The molecule has 3 heterocycles. The second-order valence-electron chi connectivity index (χ2n) is 8.82. The number of benzene rings is 2. The topological polar surface area (TPSA) is 66.8 Å². The van der Waals surface area contributed by atoms with E-state index in [1.54, 1.807) is 6.20 Å². The van der Waals surface area contributed by atoms with E-state index in [4.69, 9.17) is 16.7 Å². The Morgan fingerprint density at radius 2 is 1.88 bits per heavy atom. The Morgan fingerprint density at radius 3 is 2.59 bits per heavy atom. The Kier molecular flexibility index (Phi) is 6.00. The first-order valence-electron chi connectivity index (χ1n) is 11.7. The molecule has 5 rings (SSSR count). The number of aryl methyl sites for hydroxylation is 1. The van der Waals surface area contributed by atoms with Gasteiger partial charge in [-0.1, -0.05) is 49.7 Å². The minimum Gasteiger partial charge on any atom is -0.327 e. The SMILES string of the molecule is CCC1Cc2c(nn(C)c2-c2cccc(Cl)c2)C(CC)N1C(=O)c1cccc(-c2cn[nH]c2)c1. The molecule has 1 aliphatic rings. The molecule has 7 heteroatoms. The van der Waals surface area contributed by atoms with Gasteiger partial charge in [-0.3, -0.25) is 14.6 Å². The molecule has 174 valence electrons. The smallest absolute Gasteiger partial charge is 0.254 e. The number of hydrogen-bond acceptors (Lipinski definition) is 3. The van der Waals surface area contributed by atoms with Gasteiger partial charge in [-0.25, -0.2) is 0 Å². The Balaban J connectivity index is 1.56. The largest absolute Gasteiger partial charge is 0.327 e. The molecule has 0 radical (unpaired) electrons. The van der Waals surface area contributed by atoms with Crippen LogP contribution in [-0.2, 0) is 13.5 Å². The number of aromatic nitrogens is 4. The Hall–Kier alpha value is -3.38. The molecule has 6 nitrogen and oxygen atoms in total. The molecular formula is C27H28ClN5O. The highest BCUT2D eigenvalue weighted by molar-refractivity contribution is 6.30. The van der Waals surface area contributed by atoms with Crippen molar-refractivity contribution in [3.05, 3.63) is 82.8 Å². The Morgan fingerprint density at radius 1 is 1.09 bits per heavy atom. The predicted octanol–water partition coefficient (Wildman–Crippen LogP) is 6.06. The van der Waals surface area contributed by atoms with Crippen LogP contribution in [0.3, 0.4) is 0 Å². The highest BCUT2D eigenvalue weighted by Gasteiger charge is 2.40. The summed E-state index contributed by atoms with van der Waals surface area (Å²) >= 11 is 6.30. The third kappa shape index (κ3) is 3.82. The number of nitrogens with zero attached hydrogens (tertiary/aromatic N) is 4. The molecule has 2 aromatic carbocycles. The molecule has 2 unspecified atom stereocenters. The zero-order chi connectivity index (χ0) is 23.8. The van der Waals surface area contributed by atoms with Crippen molar-refractivity contribution in [2.24, 2.45) is 7.05 Å². The van der Waals surface area contributed by atoms with Crippen LogP contribution in [0.15, 0.2) is 60.9 Å². The van der Waals surface area contributed by atoms with Crippen molar-refractivity contribution in [3.8, 4) is 22.4 Å². The highest BCUT2D eigenvalue weighted by atomic mass is 35.5. The van der Waals surface area contributed by atoms with E-state index in [-0.39, 0.29) is 18.0 Å². The van der Waals surface area contributed by atoms with Gasteiger partial charge in [-0.2, -0.15) is 10.2 Å². The predicted molar refractivity (Wildman–Crippen MR) is 135 cm³/mol. The van der Waals surface area contributed by atoms with Crippen LogP contribution in [0.5, 0.6) is 0 Å². The summed E-state index contributed by atoms with van der Waals surface area (Å²) in [4.78, 5) is 16.0. The average Bonchev–Trinajstić information content (AvgIpc) is 3.50. The molecule has 2 atom stereocenters. The van der Waals surface area contributed by atoms with Crippen LogP contribution in [0.2, 0.25) is 5.02 Å². The van der Waals surface area contributed by atoms with E-state index in [2.05, 4.69) is 35.0 Å². The van der Waals surface area contributed by atoms with Gasteiger partial charge in [0.2, 0.25) is 0 Å². The Labute approximate surface area is 204 Å². The number of amides is 1. The van der Waals surface area contributed by atoms with Gasteiger partial charge >= 0.3 is 0 Å². The molecule has 0 saturated carbocycles. The van der Waals surface area contributed by atoms with Crippen LogP contribution in [0.4, 0.5) is 0 Å². The van der Waals surface area contributed by atoms with Crippen molar-refractivity contribution in [1.29, 1.82) is 0 Å². The molecule has 0 saturated heterocycles. The highest BCUT2D eigenvalue weighted by Crippen LogP contribution is 2.41. The number of halogens is 1. The minimum atomic E-state index is -0.0853. The van der Waals surface area contributed by atoms with E-state index < -0.39 is 0 Å². The monoisotopic (exact) mass is 473 g/mol. The van der Waals surface area contributed by atoms with Crippen LogP contribution >= 0.6 is 11.6 Å². The maximum absolute atomic E-state index is 13.9. The molecule has 34 heavy (non-hydrogen) atoms. The van der Waals surface area contributed by atoms with Crippen LogP contribution in [-0.4, -0.2) is 36.8 Å². The van der Waals surface area contributed by atoms with E-state index in [0.717, 1.165) is 47.3 Å². The molecule has 1 amide bonds. The van der Waals surface area contributed by atoms with E-state index >= 15 is 0 Å². The van der Waals surface area contributed by atoms with Gasteiger partial charge in [-0.05, 0) is 49.1 Å². The van der Waals surface area contributed by atoms with E-state index in [0.29, 0.717) is 10.6 Å². The fourth-order valence-electron chi connectivity index (χ4n) is 5.20. The summed E-state index contributed by atoms with van der Waals surface area (Å²) in [7, 11) is 1.97. The lowest BCUT2D eigenvalue weighted by atomic mass is 9.87. The zero-order valence-corrected chi connectivity index (χ0v) is 20.4. The van der Waals surface area contributed by atoms with Gasteiger partial charge < -0.3 is 4.90 Å². The normalized spacial score (nSPS) is 17.6. The molecule has 4 aromatic rings. The Bertz CT molecular complexity index is 1330. The summed E-state index contributed by atoms with van der Waals surface area (Å²) in [6, 6.07) is 15.7. The standard InChI is InChI=1S/C27H28ClN5O/c1-4-22-14-23-25(31-32(3)26(23)18-9-7-11-21(28)13-18)24(5-2)33(22)27(34)19-10-6-8-17(12-19)20-15-29-30-16-20/h6-13,15-16,22,24H,4-5,14H2,1-3H3,(H,29,30). The maximum atomic E-state index is 13.9. The number of nitrogens with one attached hydrogen (secondary N) is 1. The van der Waals surface area contributed by atoms with Crippen molar-refractivity contribution in [1.82, 2.24) is 24.9 Å². The number of aromatic amines is 1. The first-order valence-corrected chi connectivity index (χ1v) is 12.1. The van der Waals surface area contributed by atoms with Crippen molar-refractivity contribution >= 4 is 17.5 Å². The average molecular weight is 474 g/mol. The number of carbonyl (C=O) groups is 1.